The van der Waals surface area contributed by atoms with Gasteiger partial charge < -0.3 is 26.0 Å². The number of aliphatic hydroxyl groups is 1. The zero-order valence-corrected chi connectivity index (χ0v) is 12.5. The Bertz CT molecular complexity index is 290. The fourth-order valence-electron chi connectivity index (χ4n) is 1.14. The Morgan fingerprint density at radius 2 is 1.20 bits per heavy atom. The minimum Gasteiger partial charge on any atom is -0.462 e. The number of esters is 2. The molecule has 0 amide bonds. The maximum Gasteiger partial charge on any atom is 0.323 e. The summed E-state index contributed by atoms with van der Waals surface area (Å²) in [4.78, 5) is 22.9. The number of nitrogens with two attached hydrogens (primary N) is 2. The van der Waals surface area contributed by atoms with Gasteiger partial charge in [0.15, 0.2) is 0 Å². The molecule has 7 nitrogen and oxygen atoms in total. The Hall–Kier alpha value is -1.18. The normalized spacial score (nSPS) is 14.5. The van der Waals surface area contributed by atoms with Gasteiger partial charge in [0, 0.05) is 0 Å². The molecule has 0 radical (unpaired) electrons. The first-order valence-corrected chi connectivity index (χ1v) is 6.69. The van der Waals surface area contributed by atoms with Gasteiger partial charge in [-0.05, 0) is 11.8 Å². The third kappa shape index (κ3) is 6.83. The molecule has 0 spiro atoms. The van der Waals surface area contributed by atoms with Crippen molar-refractivity contribution in [2.75, 3.05) is 13.2 Å². The summed E-state index contributed by atoms with van der Waals surface area (Å²) in [5, 5.41) is 9.55. The van der Waals surface area contributed by atoms with Crippen molar-refractivity contribution in [2.24, 2.45) is 23.3 Å². The van der Waals surface area contributed by atoms with E-state index < -0.39 is 30.1 Å². The van der Waals surface area contributed by atoms with Crippen molar-refractivity contribution in [3.8, 4) is 0 Å². The highest BCUT2D eigenvalue weighted by molar-refractivity contribution is 5.76. The number of hydrogen-bond acceptors (Lipinski definition) is 7. The second-order valence-corrected chi connectivity index (χ2v) is 5.45. The lowest BCUT2D eigenvalue weighted by Crippen LogP contribution is -2.40. The molecule has 0 aromatic heterocycles. The second-order valence-electron chi connectivity index (χ2n) is 5.45. The summed E-state index contributed by atoms with van der Waals surface area (Å²) in [6.07, 6.45) is -1.10. The van der Waals surface area contributed by atoms with E-state index in [0.29, 0.717) is 0 Å². The first kappa shape index (κ1) is 18.8. The van der Waals surface area contributed by atoms with E-state index in [9.17, 15) is 14.7 Å². The number of aliphatic hydroxyl groups excluding tert-OH is 1. The molecule has 20 heavy (non-hydrogen) atoms. The summed E-state index contributed by atoms with van der Waals surface area (Å²) < 4.78 is 9.66. The topological polar surface area (TPSA) is 125 Å². The Labute approximate surface area is 119 Å². The Balaban J connectivity index is 3.98. The van der Waals surface area contributed by atoms with Crippen molar-refractivity contribution in [1.29, 1.82) is 0 Å². The lowest BCUT2D eigenvalue weighted by Gasteiger charge is -2.18. The maximum atomic E-state index is 11.4. The highest BCUT2D eigenvalue weighted by Gasteiger charge is 2.22. The van der Waals surface area contributed by atoms with Gasteiger partial charge in [-0.1, -0.05) is 27.7 Å². The number of carbonyl (C=O) groups excluding carboxylic acids is 2. The zero-order valence-electron chi connectivity index (χ0n) is 12.5. The van der Waals surface area contributed by atoms with E-state index >= 15 is 0 Å². The van der Waals surface area contributed by atoms with Crippen LogP contribution in [0.1, 0.15) is 27.7 Å². The SMILES string of the molecule is CC(C)[C@H](N)C(=O)OCC(O)COC(=O)[C@@H](N)C(C)C. The molecule has 0 aliphatic carbocycles. The Morgan fingerprint density at radius 3 is 1.45 bits per heavy atom. The van der Waals surface area contributed by atoms with E-state index in [4.69, 9.17) is 20.9 Å². The van der Waals surface area contributed by atoms with Crippen LogP contribution in [0.15, 0.2) is 0 Å². The van der Waals surface area contributed by atoms with Crippen LogP contribution >= 0.6 is 0 Å². The molecule has 5 N–H and O–H groups in total. The average Bonchev–Trinajstić information content (AvgIpc) is 2.39. The largest absolute Gasteiger partial charge is 0.462 e. The van der Waals surface area contributed by atoms with Crippen molar-refractivity contribution in [3.05, 3.63) is 0 Å². The molecule has 0 aromatic rings. The van der Waals surface area contributed by atoms with Gasteiger partial charge in [0.05, 0.1) is 0 Å². The molecule has 0 heterocycles. The van der Waals surface area contributed by atoms with Crippen LogP contribution in [0, 0.1) is 11.8 Å². The van der Waals surface area contributed by atoms with Crippen LogP contribution in [0.5, 0.6) is 0 Å². The maximum absolute atomic E-state index is 11.4. The summed E-state index contributed by atoms with van der Waals surface area (Å²) in [5.74, 6) is -1.29. The molecule has 2 atom stereocenters. The van der Waals surface area contributed by atoms with E-state index in [2.05, 4.69) is 0 Å². The molecule has 0 bridgehead atoms. The lowest BCUT2D eigenvalue weighted by molar-refractivity contribution is -0.155. The predicted molar refractivity (Wildman–Crippen MR) is 73.6 cm³/mol. The summed E-state index contributed by atoms with van der Waals surface area (Å²) in [6.45, 7) is 6.61. The van der Waals surface area contributed by atoms with Crippen LogP contribution in [0.25, 0.3) is 0 Å². The van der Waals surface area contributed by atoms with E-state index in [1.165, 1.54) is 0 Å². The van der Waals surface area contributed by atoms with Crippen molar-refractivity contribution in [3.63, 3.8) is 0 Å². The summed E-state index contributed by atoms with van der Waals surface area (Å²) in [6, 6.07) is -1.47. The van der Waals surface area contributed by atoms with Gasteiger partial charge in [-0.2, -0.15) is 0 Å². The molecule has 0 fully saturated rings. The first-order valence-electron chi connectivity index (χ1n) is 6.69. The second kappa shape index (κ2) is 8.89. The molecular formula is C13H26N2O5. The quantitative estimate of drug-likeness (QED) is 0.510. The Morgan fingerprint density at radius 1 is 0.900 bits per heavy atom. The first-order chi connectivity index (χ1) is 9.16. The van der Waals surface area contributed by atoms with Crippen LogP contribution in [0.3, 0.4) is 0 Å². The molecule has 0 rings (SSSR count). The van der Waals surface area contributed by atoms with Crippen LogP contribution in [-0.2, 0) is 19.1 Å². The van der Waals surface area contributed by atoms with Gasteiger partial charge in [0.2, 0.25) is 0 Å². The third-order valence-electron chi connectivity index (χ3n) is 2.82. The minimum absolute atomic E-state index is 0.0542. The number of rotatable bonds is 8. The summed E-state index contributed by atoms with van der Waals surface area (Å²) >= 11 is 0. The van der Waals surface area contributed by atoms with Gasteiger partial charge >= 0.3 is 11.9 Å². The molecule has 0 aliphatic heterocycles. The minimum atomic E-state index is -1.10. The van der Waals surface area contributed by atoms with E-state index in [1.807, 2.05) is 0 Å². The highest BCUT2D eigenvalue weighted by Crippen LogP contribution is 2.03. The summed E-state index contributed by atoms with van der Waals surface area (Å²) in [7, 11) is 0. The monoisotopic (exact) mass is 290 g/mol. The smallest absolute Gasteiger partial charge is 0.323 e. The van der Waals surface area contributed by atoms with Crippen LogP contribution in [0.4, 0.5) is 0 Å². The number of ether oxygens (including phenoxy) is 2. The molecule has 0 unspecified atom stereocenters. The standard InChI is InChI=1S/C13H26N2O5/c1-7(2)10(14)12(17)19-5-9(16)6-20-13(18)11(15)8(3)4/h7-11,16H,5-6,14-15H2,1-4H3/t10-,11-/m0/s1. The fourth-order valence-corrected chi connectivity index (χ4v) is 1.14. The predicted octanol–water partition coefficient (Wildman–Crippen LogP) is -0.600. The lowest BCUT2D eigenvalue weighted by atomic mass is 10.1. The molecule has 0 aliphatic rings. The van der Waals surface area contributed by atoms with Gasteiger partial charge in [-0.15, -0.1) is 0 Å². The van der Waals surface area contributed by atoms with E-state index in [0.717, 1.165) is 0 Å². The van der Waals surface area contributed by atoms with Gasteiger partial charge in [-0.3, -0.25) is 9.59 Å². The van der Waals surface area contributed by atoms with Gasteiger partial charge in [0.1, 0.15) is 31.4 Å². The number of hydrogen-bond donors (Lipinski definition) is 3. The molecule has 0 saturated carbocycles. The van der Waals surface area contributed by atoms with Crippen LogP contribution in [0.2, 0.25) is 0 Å². The third-order valence-corrected chi connectivity index (χ3v) is 2.82. The highest BCUT2D eigenvalue weighted by atomic mass is 16.6. The van der Waals surface area contributed by atoms with Crippen molar-refractivity contribution < 1.29 is 24.2 Å². The van der Waals surface area contributed by atoms with Crippen LogP contribution in [-0.4, -0.2) is 48.4 Å². The fraction of sp³-hybridized carbons (Fsp3) is 0.846. The molecule has 7 heteroatoms. The van der Waals surface area contributed by atoms with Crippen molar-refractivity contribution >= 4 is 11.9 Å². The average molecular weight is 290 g/mol. The van der Waals surface area contributed by atoms with Gasteiger partial charge in [-0.25, -0.2) is 0 Å². The van der Waals surface area contributed by atoms with E-state index in [-0.39, 0.29) is 25.0 Å². The molecular weight excluding hydrogens is 264 g/mol. The number of carbonyl (C=O) groups is 2. The zero-order chi connectivity index (χ0) is 15.9. The van der Waals surface area contributed by atoms with Crippen molar-refractivity contribution in [2.45, 2.75) is 45.9 Å². The molecule has 0 saturated heterocycles. The summed E-state index contributed by atoms with van der Waals surface area (Å²) in [5.41, 5.74) is 11.2. The van der Waals surface area contributed by atoms with Gasteiger partial charge in [0.25, 0.3) is 0 Å². The molecule has 0 aromatic carbocycles. The van der Waals surface area contributed by atoms with E-state index in [1.54, 1.807) is 27.7 Å². The Kier molecular flexibility index (Phi) is 8.36. The molecule has 118 valence electrons. The van der Waals surface area contributed by atoms with Crippen molar-refractivity contribution in [1.82, 2.24) is 0 Å². The van der Waals surface area contributed by atoms with Crippen LogP contribution < -0.4 is 11.5 Å².